The lowest BCUT2D eigenvalue weighted by molar-refractivity contribution is -0.138. The number of carbonyl (C=O) groups is 2. The van der Waals surface area contributed by atoms with Gasteiger partial charge in [0.1, 0.15) is 11.8 Å². The monoisotopic (exact) mass is 298 g/mol. The van der Waals surface area contributed by atoms with Gasteiger partial charge >= 0.3 is 11.9 Å². The number of carboxylic acids is 2. The number of nitrogens with two attached hydrogens (primary N) is 2. The average molecular weight is 298 g/mol. The predicted octanol–water partition coefficient (Wildman–Crippen LogP) is 0.921. The summed E-state index contributed by atoms with van der Waals surface area (Å²) in [5, 5.41) is 16.8. The fourth-order valence-electron chi connectivity index (χ4n) is 1.37. The molecular formula is C14H22N2O5. The van der Waals surface area contributed by atoms with Crippen molar-refractivity contribution in [1.82, 2.24) is 0 Å². The van der Waals surface area contributed by atoms with Crippen LogP contribution in [0.3, 0.4) is 0 Å². The molecule has 1 aromatic rings. The van der Waals surface area contributed by atoms with E-state index in [1.54, 1.807) is 12.1 Å². The van der Waals surface area contributed by atoms with Crippen LogP contribution in [0.4, 0.5) is 0 Å². The molecule has 0 spiro atoms. The van der Waals surface area contributed by atoms with Crippen molar-refractivity contribution in [2.75, 3.05) is 13.7 Å². The Balaban J connectivity index is 0.000000384. The molecule has 7 nitrogen and oxygen atoms in total. The van der Waals surface area contributed by atoms with Crippen LogP contribution < -0.4 is 16.2 Å². The van der Waals surface area contributed by atoms with Gasteiger partial charge in [0.2, 0.25) is 0 Å². The summed E-state index contributed by atoms with van der Waals surface area (Å²) < 4.78 is 4.86. The van der Waals surface area contributed by atoms with Crippen molar-refractivity contribution in [1.29, 1.82) is 0 Å². The Hall–Kier alpha value is -2.12. The molecule has 0 heterocycles. The third-order valence-electron chi connectivity index (χ3n) is 2.62. The van der Waals surface area contributed by atoms with Crippen LogP contribution >= 0.6 is 0 Å². The van der Waals surface area contributed by atoms with Crippen molar-refractivity contribution in [2.24, 2.45) is 11.5 Å². The van der Waals surface area contributed by atoms with Crippen molar-refractivity contribution in [2.45, 2.75) is 25.3 Å². The maximum absolute atomic E-state index is 10.4. The molecule has 0 aliphatic rings. The summed E-state index contributed by atoms with van der Waals surface area (Å²) in [6.07, 6.45) is 2.16. The van der Waals surface area contributed by atoms with E-state index in [0.29, 0.717) is 18.7 Å². The number of benzene rings is 1. The molecule has 0 saturated heterocycles. The number of aromatic carboxylic acids is 1. The molecule has 0 aromatic heterocycles. The van der Waals surface area contributed by atoms with Crippen LogP contribution in [0, 0.1) is 0 Å². The van der Waals surface area contributed by atoms with Gasteiger partial charge in [-0.2, -0.15) is 0 Å². The third kappa shape index (κ3) is 8.61. The van der Waals surface area contributed by atoms with Crippen molar-refractivity contribution in [3.05, 3.63) is 29.8 Å². The highest BCUT2D eigenvalue weighted by atomic mass is 16.5. The first-order valence-electron chi connectivity index (χ1n) is 6.48. The van der Waals surface area contributed by atoms with E-state index in [1.165, 1.54) is 19.2 Å². The number of hydrogen-bond donors (Lipinski definition) is 4. The molecule has 6 N–H and O–H groups in total. The molecule has 7 heteroatoms. The van der Waals surface area contributed by atoms with E-state index >= 15 is 0 Å². The number of methoxy groups -OCH3 is 1. The van der Waals surface area contributed by atoms with Gasteiger partial charge in [-0.3, -0.25) is 4.79 Å². The highest BCUT2D eigenvalue weighted by Crippen LogP contribution is 2.10. The molecular weight excluding hydrogens is 276 g/mol. The van der Waals surface area contributed by atoms with Crippen LogP contribution in [0.1, 0.15) is 29.6 Å². The second-order valence-electron chi connectivity index (χ2n) is 4.26. The van der Waals surface area contributed by atoms with Crippen LogP contribution in [0.15, 0.2) is 24.3 Å². The van der Waals surface area contributed by atoms with Crippen LogP contribution in [0.25, 0.3) is 0 Å². The number of ether oxygens (including phenoxy) is 1. The number of aliphatic carboxylic acids is 1. The Morgan fingerprint density at radius 2 is 1.76 bits per heavy atom. The summed E-state index contributed by atoms with van der Waals surface area (Å²) in [6.45, 7) is 0.604. The van der Waals surface area contributed by atoms with Crippen molar-refractivity contribution in [3.63, 3.8) is 0 Å². The van der Waals surface area contributed by atoms with Gasteiger partial charge in [0.15, 0.2) is 0 Å². The van der Waals surface area contributed by atoms with Crippen molar-refractivity contribution >= 4 is 11.9 Å². The molecule has 0 saturated carbocycles. The molecule has 1 aromatic carbocycles. The normalized spacial score (nSPS) is 11.0. The van der Waals surface area contributed by atoms with E-state index in [0.717, 1.165) is 12.8 Å². The van der Waals surface area contributed by atoms with E-state index < -0.39 is 18.0 Å². The Kier molecular flexibility index (Phi) is 9.57. The first-order valence-corrected chi connectivity index (χ1v) is 6.48. The first kappa shape index (κ1) is 18.9. The van der Waals surface area contributed by atoms with Crippen LogP contribution in [0.2, 0.25) is 0 Å². The van der Waals surface area contributed by atoms with Crippen LogP contribution in [0.5, 0.6) is 5.75 Å². The van der Waals surface area contributed by atoms with Gasteiger partial charge in [-0.1, -0.05) is 6.42 Å². The summed E-state index contributed by atoms with van der Waals surface area (Å²) in [4.78, 5) is 20.5. The zero-order valence-corrected chi connectivity index (χ0v) is 12.0. The lowest BCUT2D eigenvalue weighted by atomic mass is 10.1. The summed E-state index contributed by atoms with van der Waals surface area (Å²) in [5.41, 5.74) is 10.7. The Labute approximate surface area is 123 Å². The maximum Gasteiger partial charge on any atom is 0.335 e. The lowest BCUT2D eigenvalue weighted by Crippen LogP contribution is -2.29. The Morgan fingerprint density at radius 1 is 1.19 bits per heavy atom. The molecule has 0 unspecified atom stereocenters. The molecule has 21 heavy (non-hydrogen) atoms. The van der Waals surface area contributed by atoms with Crippen molar-refractivity contribution in [3.8, 4) is 5.75 Å². The minimum Gasteiger partial charge on any atom is -0.497 e. The molecule has 0 fully saturated rings. The molecule has 0 bridgehead atoms. The summed E-state index contributed by atoms with van der Waals surface area (Å²) in [6, 6.07) is 5.52. The number of hydrogen-bond acceptors (Lipinski definition) is 5. The van der Waals surface area contributed by atoms with E-state index in [4.69, 9.17) is 26.4 Å². The zero-order chi connectivity index (χ0) is 16.3. The molecule has 0 radical (unpaired) electrons. The molecule has 0 amide bonds. The van der Waals surface area contributed by atoms with Crippen LogP contribution in [-0.2, 0) is 4.79 Å². The summed E-state index contributed by atoms with van der Waals surface area (Å²) in [7, 11) is 1.54. The van der Waals surface area contributed by atoms with Gasteiger partial charge in [0.05, 0.1) is 12.7 Å². The highest BCUT2D eigenvalue weighted by Gasteiger charge is 2.09. The lowest BCUT2D eigenvalue weighted by Gasteiger charge is -2.03. The standard InChI is InChI=1S/C8H8O3.C6H14N2O2/c1-11-7-4-2-6(3-5-7)8(9)10;7-4-2-1-3-5(8)6(9)10/h2-5H,1H3,(H,9,10);5H,1-4,7-8H2,(H,9,10)/t;5-/m.0/s1. The molecule has 0 aliphatic carbocycles. The SMILES string of the molecule is COc1ccc(C(=O)O)cc1.NCCCC[C@H](N)C(=O)O. The largest absolute Gasteiger partial charge is 0.497 e. The third-order valence-corrected chi connectivity index (χ3v) is 2.62. The zero-order valence-electron chi connectivity index (χ0n) is 12.0. The Bertz CT molecular complexity index is 433. The van der Waals surface area contributed by atoms with Crippen molar-refractivity contribution < 1.29 is 24.5 Å². The van der Waals surface area contributed by atoms with Gasteiger partial charge in [0, 0.05) is 0 Å². The van der Waals surface area contributed by atoms with Gasteiger partial charge in [-0.05, 0) is 43.7 Å². The Morgan fingerprint density at radius 3 is 2.14 bits per heavy atom. The summed E-state index contributed by atoms with van der Waals surface area (Å²) >= 11 is 0. The first-order chi connectivity index (χ1) is 9.92. The topological polar surface area (TPSA) is 136 Å². The predicted molar refractivity (Wildman–Crippen MR) is 78.5 cm³/mol. The van der Waals surface area contributed by atoms with E-state index in [2.05, 4.69) is 0 Å². The molecule has 1 atom stereocenters. The number of rotatable bonds is 7. The number of unbranched alkanes of at least 4 members (excludes halogenated alkanes) is 1. The fraction of sp³-hybridized carbons (Fsp3) is 0.429. The second kappa shape index (κ2) is 10.6. The highest BCUT2D eigenvalue weighted by molar-refractivity contribution is 5.87. The second-order valence-corrected chi connectivity index (χ2v) is 4.26. The van der Waals surface area contributed by atoms with Gasteiger partial charge < -0.3 is 26.4 Å². The van der Waals surface area contributed by atoms with Gasteiger partial charge in [-0.15, -0.1) is 0 Å². The van der Waals surface area contributed by atoms with E-state index in [1.807, 2.05) is 0 Å². The summed E-state index contributed by atoms with van der Waals surface area (Å²) in [5.74, 6) is -1.19. The average Bonchev–Trinajstić information content (AvgIpc) is 2.48. The fourth-order valence-corrected chi connectivity index (χ4v) is 1.37. The van der Waals surface area contributed by atoms with Gasteiger partial charge in [0.25, 0.3) is 0 Å². The smallest absolute Gasteiger partial charge is 0.335 e. The van der Waals surface area contributed by atoms with E-state index in [-0.39, 0.29) is 5.56 Å². The van der Waals surface area contributed by atoms with E-state index in [9.17, 15) is 9.59 Å². The van der Waals surface area contributed by atoms with Crippen LogP contribution in [-0.4, -0.2) is 41.8 Å². The van der Waals surface area contributed by atoms with Gasteiger partial charge in [-0.25, -0.2) is 4.79 Å². The minimum absolute atomic E-state index is 0.269. The maximum atomic E-state index is 10.4. The minimum atomic E-state index is -0.933. The molecule has 1 rings (SSSR count). The number of carboxylic acid groups (broad SMARTS) is 2. The molecule has 118 valence electrons. The quantitative estimate of drug-likeness (QED) is 0.549. The molecule has 0 aliphatic heterocycles.